The predicted octanol–water partition coefficient (Wildman–Crippen LogP) is 4.21. The summed E-state index contributed by atoms with van der Waals surface area (Å²) in [4.78, 5) is 0. The second-order valence-electron chi connectivity index (χ2n) is 5.47. The van der Waals surface area contributed by atoms with Crippen LogP contribution < -0.4 is 15.8 Å². The van der Waals surface area contributed by atoms with E-state index in [0.717, 1.165) is 23.4 Å². The smallest absolute Gasteiger partial charge is 0.143 e. The molecule has 3 nitrogen and oxygen atoms in total. The highest BCUT2D eigenvalue weighted by molar-refractivity contribution is 6.31. The van der Waals surface area contributed by atoms with E-state index >= 15 is 0 Å². The number of hydrogen-bond donors (Lipinski definition) is 2. The first-order valence-electron chi connectivity index (χ1n) is 7.05. The lowest BCUT2D eigenvalue weighted by Crippen LogP contribution is -2.10. The monoisotopic (exact) mass is 302 g/mol. The summed E-state index contributed by atoms with van der Waals surface area (Å²) in [5.74, 6) is 0.753. The molecule has 0 bridgehead atoms. The van der Waals surface area contributed by atoms with Crippen molar-refractivity contribution in [3.8, 4) is 5.75 Å². The summed E-state index contributed by atoms with van der Waals surface area (Å²) in [7, 11) is 1.65. The molecule has 0 fully saturated rings. The van der Waals surface area contributed by atoms with E-state index in [0.29, 0.717) is 5.02 Å². The summed E-state index contributed by atoms with van der Waals surface area (Å²) in [6.07, 6.45) is 0.879. The number of hydrogen-bond acceptors (Lipinski definition) is 3. The largest absolute Gasteiger partial charge is 0.495 e. The lowest BCUT2D eigenvalue weighted by atomic mass is 10.1. The first-order valence-corrected chi connectivity index (χ1v) is 7.43. The Hall–Kier alpha value is -1.71. The van der Waals surface area contributed by atoms with Gasteiger partial charge in [-0.25, -0.2) is 0 Å². The van der Waals surface area contributed by atoms with Crippen molar-refractivity contribution in [2.45, 2.75) is 25.4 Å². The van der Waals surface area contributed by atoms with Crippen LogP contribution >= 0.6 is 11.6 Å². The molecule has 0 aromatic heterocycles. The summed E-state index contributed by atoms with van der Waals surface area (Å²) >= 11 is 6.16. The molecule has 0 heterocycles. The summed E-state index contributed by atoms with van der Waals surface area (Å²) in [6, 6.07) is 12.5. The Kier molecular flexibility index (Phi) is 3.79. The van der Waals surface area contributed by atoms with Crippen molar-refractivity contribution in [1.82, 2.24) is 0 Å². The molecule has 1 aliphatic rings. The molecule has 3 N–H and O–H groups in total. The molecule has 0 amide bonds. The molecule has 0 saturated carbocycles. The van der Waals surface area contributed by atoms with E-state index < -0.39 is 0 Å². The summed E-state index contributed by atoms with van der Waals surface area (Å²) in [6.45, 7) is 1.99. The van der Waals surface area contributed by atoms with Crippen LogP contribution in [-0.2, 0) is 0 Å². The van der Waals surface area contributed by atoms with E-state index in [1.165, 1.54) is 11.1 Å². The Bertz CT molecular complexity index is 672. The molecule has 110 valence electrons. The minimum Gasteiger partial charge on any atom is -0.495 e. The number of benzene rings is 2. The predicted molar refractivity (Wildman–Crippen MR) is 87.1 cm³/mol. The average molecular weight is 303 g/mol. The number of halogens is 1. The van der Waals surface area contributed by atoms with Crippen molar-refractivity contribution in [3.63, 3.8) is 0 Å². The van der Waals surface area contributed by atoms with Crippen LogP contribution in [0, 0.1) is 6.92 Å². The van der Waals surface area contributed by atoms with Crippen LogP contribution in [0.25, 0.3) is 0 Å². The Morgan fingerprint density at radius 2 is 1.95 bits per heavy atom. The van der Waals surface area contributed by atoms with Gasteiger partial charge in [0.05, 0.1) is 18.8 Å². The standard InChI is InChI=1S/C17H19ClN2O/c1-10-7-16(17(21-2)8-13(10)18)20-15-9-14(19)11-5-3-4-6-12(11)15/h3-8,14-15,20H,9,19H2,1-2H3. The first kappa shape index (κ1) is 14.2. The molecule has 21 heavy (non-hydrogen) atoms. The molecule has 2 aromatic carbocycles. The molecular formula is C17H19ClN2O. The van der Waals surface area contributed by atoms with Crippen LogP contribution in [0.4, 0.5) is 5.69 Å². The van der Waals surface area contributed by atoms with Crippen molar-refractivity contribution >= 4 is 17.3 Å². The van der Waals surface area contributed by atoms with Gasteiger partial charge < -0.3 is 15.8 Å². The van der Waals surface area contributed by atoms with Gasteiger partial charge in [0.2, 0.25) is 0 Å². The van der Waals surface area contributed by atoms with Gasteiger partial charge in [-0.15, -0.1) is 0 Å². The maximum absolute atomic E-state index is 6.22. The zero-order valence-corrected chi connectivity index (χ0v) is 12.9. The first-order chi connectivity index (χ1) is 10.1. The Morgan fingerprint density at radius 3 is 2.67 bits per heavy atom. The van der Waals surface area contributed by atoms with Crippen molar-refractivity contribution in [1.29, 1.82) is 0 Å². The van der Waals surface area contributed by atoms with Crippen molar-refractivity contribution < 1.29 is 4.74 Å². The highest BCUT2D eigenvalue weighted by Crippen LogP contribution is 2.41. The van der Waals surface area contributed by atoms with Gasteiger partial charge in [-0.05, 0) is 36.1 Å². The van der Waals surface area contributed by atoms with Crippen LogP contribution in [0.1, 0.15) is 35.2 Å². The highest BCUT2D eigenvalue weighted by atomic mass is 35.5. The SMILES string of the molecule is COc1cc(Cl)c(C)cc1NC1CC(N)c2ccccc21. The van der Waals surface area contributed by atoms with Gasteiger partial charge in [0.25, 0.3) is 0 Å². The van der Waals surface area contributed by atoms with Crippen LogP contribution in [0.15, 0.2) is 36.4 Å². The van der Waals surface area contributed by atoms with Crippen LogP contribution in [0.3, 0.4) is 0 Å². The van der Waals surface area contributed by atoms with Gasteiger partial charge in [0.15, 0.2) is 0 Å². The Labute approximate surface area is 130 Å². The number of methoxy groups -OCH3 is 1. The number of anilines is 1. The van der Waals surface area contributed by atoms with E-state index in [2.05, 4.69) is 23.5 Å². The summed E-state index contributed by atoms with van der Waals surface area (Å²) in [5, 5.41) is 4.26. The van der Waals surface area contributed by atoms with E-state index in [1.807, 2.05) is 25.1 Å². The minimum absolute atomic E-state index is 0.0816. The molecule has 3 rings (SSSR count). The lowest BCUT2D eigenvalue weighted by molar-refractivity contribution is 0.415. The number of ether oxygens (including phenoxy) is 1. The van der Waals surface area contributed by atoms with Gasteiger partial charge in [-0.3, -0.25) is 0 Å². The molecule has 0 aliphatic heterocycles. The van der Waals surface area contributed by atoms with E-state index in [4.69, 9.17) is 22.1 Å². The highest BCUT2D eigenvalue weighted by Gasteiger charge is 2.28. The fourth-order valence-electron chi connectivity index (χ4n) is 2.94. The second kappa shape index (κ2) is 5.58. The van der Waals surface area contributed by atoms with E-state index in [-0.39, 0.29) is 12.1 Å². The van der Waals surface area contributed by atoms with Crippen molar-refractivity contribution in [2.24, 2.45) is 5.73 Å². The second-order valence-corrected chi connectivity index (χ2v) is 5.88. The van der Waals surface area contributed by atoms with Crippen LogP contribution in [0.5, 0.6) is 5.75 Å². The zero-order valence-electron chi connectivity index (χ0n) is 12.2. The van der Waals surface area contributed by atoms with Gasteiger partial charge >= 0.3 is 0 Å². The maximum atomic E-state index is 6.22. The normalized spacial score (nSPS) is 20.2. The van der Waals surface area contributed by atoms with Crippen molar-refractivity contribution in [3.05, 3.63) is 58.1 Å². The van der Waals surface area contributed by atoms with Gasteiger partial charge in [0.1, 0.15) is 5.75 Å². The van der Waals surface area contributed by atoms with Crippen molar-refractivity contribution in [2.75, 3.05) is 12.4 Å². The number of aryl methyl sites for hydroxylation is 1. The third kappa shape index (κ3) is 2.59. The quantitative estimate of drug-likeness (QED) is 0.892. The zero-order chi connectivity index (χ0) is 15.0. The molecule has 0 saturated heterocycles. The van der Waals surface area contributed by atoms with E-state index in [9.17, 15) is 0 Å². The third-order valence-electron chi connectivity index (χ3n) is 4.07. The van der Waals surface area contributed by atoms with Crippen LogP contribution in [0.2, 0.25) is 5.02 Å². The number of fused-ring (bicyclic) bond motifs is 1. The molecule has 2 unspecified atom stereocenters. The number of rotatable bonds is 3. The fraction of sp³-hybridized carbons (Fsp3) is 0.294. The fourth-order valence-corrected chi connectivity index (χ4v) is 3.10. The Morgan fingerprint density at radius 1 is 1.24 bits per heavy atom. The minimum atomic E-state index is 0.0816. The average Bonchev–Trinajstić information content (AvgIpc) is 2.80. The topological polar surface area (TPSA) is 47.3 Å². The molecule has 2 aromatic rings. The van der Waals surface area contributed by atoms with Gasteiger partial charge in [-0.2, -0.15) is 0 Å². The number of nitrogens with two attached hydrogens (primary N) is 1. The lowest BCUT2D eigenvalue weighted by Gasteiger charge is -2.19. The maximum Gasteiger partial charge on any atom is 0.143 e. The molecule has 4 heteroatoms. The Balaban J connectivity index is 1.93. The summed E-state index contributed by atoms with van der Waals surface area (Å²) < 4.78 is 5.43. The molecule has 0 radical (unpaired) electrons. The molecule has 1 aliphatic carbocycles. The van der Waals surface area contributed by atoms with E-state index in [1.54, 1.807) is 7.11 Å². The van der Waals surface area contributed by atoms with Crippen LogP contribution in [-0.4, -0.2) is 7.11 Å². The third-order valence-corrected chi connectivity index (χ3v) is 4.48. The molecule has 2 atom stereocenters. The molecule has 0 spiro atoms. The van der Waals surface area contributed by atoms with Gasteiger partial charge in [-0.1, -0.05) is 35.9 Å². The van der Waals surface area contributed by atoms with Gasteiger partial charge in [0, 0.05) is 17.1 Å². The number of nitrogens with one attached hydrogen (secondary N) is 1. The molecular weight excluding hydrogens is 284 g/mol. The summed E-state index contributed by atoms with van der Waals surface area (Å²) in [5.41, 5.74) is 10.7.